The Morgan fingerprint density at radius 1 is 1.30 bits per heavy atom. The van der Waals surface area contributed by atoms with E-state index in [-0.39, 0.29) is 0 Å². The Hall–Kier alpha value is -2.01. The largest absolute Gasteiger partial charge is 0.437 e. The minimum absolute atomic E-state index is 0.384. The molecule has 1 unspecified atom stereocenters. The first-order chi connectivity index (χ1) is 11.1. The molecule has 6 heteroatoms. The van der Waals surface area contributed by atoms with Crippen molar-refractivity contribution in [1.29, 1.82) is 0 Å². The van der Waals surface area contributed by atoms with Gasteiger partial charge < -0.3 is 15.4 Å². The lowest BCUT2D eigenvalue weighted by Gasteiger charge is -2.35. The second-order valence-corrected chi connectivity index (χ2v) is 6.37. The molecule has 1 atom stereocenters. The maximum absolute atomic E-state index is 6.27. The number of rotatable bonds is 3. The molecule has 1 aromatic carbocycles. The summed E-state index contributed by atoms with van der Waals surface area (Å²) in [6.07, 6.45) is 5.05. The van der Waals surface area contributed by atoms with Crippen LogP contribution in [0.4, 0.5) is 11.5 Å². The Morgan fingerprint density at radius 2 is 2.13 bits per heavy atom. The molecular weight excluding hydrogens is 312 g/mol. The van der Waals surface area contributed by atoms with Crippen LogP contribution < -0.4 is 15.4 Å². The van der Waals surface area contributed by atoms with Crippen molar-refractivity contribution in [3.63, 3.8) is 0 Å². The van der Waals surface area contributed by atoms with Crippen LogP contribution in [0, 0.1) is 6.92 Å². The number of hydrogen-bond acceptors (Lipinski definition) is 5. The Balaban J connectivity index is 1.88. The van der Waals surface area contributed by atoms with Crippen LogP contribution in [0.2, 0.25) is 5.02 Å². The maximum atomic E-state index is 6.27. The fourth-order valence-electron chi connectivity index (χ4n) is 2.89. The number of aromatic nitrogens is 2. The van der Waals surface area contributed by atoms with Gasteiger partial charge in [-0.05, 0) is 56.9 Å². The van der Waals surface area contributed by atoms with Crippen LogP contribution in [-0.4, -0.2) is 22.6 Å². The van der Waals surface area contributed by atoms with Crippen molar-refractivity contribution >= 4 is 23.1 Å². The molecule has 2 N–H and O–H groups in total. The van der Waals surface area contributed by atoms with Gasteiger partial charge in [-0.2, -0.15) is 4.98 Å². The number of ether oxygens (including phenoxy) is 1. The molecule has 1 fully saturated rings. The van der Waals surface area contributed by atoms with E-state index in [0.29, 0.717) is 28.4 Å². The van der Waals surface area contributed by atoms with Crippen molar-refractivity contribution in [3.8, 4) is 11.6 Å². The van der Waals surface area contributed by atoms with Crippen molar-refractivity contribution in [2.24, 2.45) is 0 Å². The summed E-state index contributed by atoms with van der Waals surface area (Å²) in [7, 11) is 0. The molecule has 122 valence electrons. The van der Waals surface area contributed by atoms with Crippen molar-refractivity contribution < 1.29 is 4.74 Å². The summed E-state index contributed by atoms with van der Waals surface area (Å²) >= 11 is 6.05. The number of nitrogens with zero attached hydrogens (tertiary/aromatic N) is 3. The normalized spacial score (nSPS) is 18.0. The molecule has 0 spiro atoms. The second-order valence-electron chi connectivity index (χ2n) is 5.97. The lowest BCUT2D eigenvalue weighted by Crippen LogP contribution is -2.38. The van der Waals surface area contributed by atoms with Gasteiger partial charge in [0.05, 0.1) is 0 Å². The molecule has 1 aliphatic rings. The van der Waals surface area contributed by atoms with Crippen molar-refractivity contribution in [2.45, 2.75) is 39.2 Å². The molecule has 2 heterocycles. The van der Waals surface area contributed by atoms with E-state index in [9.17, 15) is 0 Å². The topological polar surface area (TPSA) is 64.3 Å². The standard InChI is InChI=1S/C17H21ClN4O/c1-11-9-13(6-7-14(11)18)23-17-15(19)16(20-10-21-17)22-8-4-3-5-12(22)2/h6-7,9-10,12H,3-5,8,19H2,1-2H3. The van der Waals surface area contributed by atoms with Gasteiger partial charge in [0.1, 0.15) is 17.8 Å². The Bertz CT molecular complexity index is 707. The Kier molecular flexibility index (Phi) is 4.57. The van der Waals surface area contributed by atoms with Gasteiger partial charge in [0.2, 0.25) is 5.88 Å². The first kappa shape index (κ1) is 15.9. The quantitative estimate of drug-likeness (QED) is 0.912. The van der Waals surface area contributed by atoms with Crippen molar-refractivity contribution in [1.82, 2.24) is 9.97 Å². The van der Waals surface area contributed by atoms with E-state index in [4.69, 9.17) is 22.1 Å². The third-order valence-corrected chi connectivity index (χ3v) is 4.67. The number of anilines is 2. The van der Waals surface area contributed by atoms with Gasteiger partial charge in [-0.25, -0.2) is 4.98 Å². The van der Waals surface area contributed by atoms with E-state index < -0.39 is 0 Å². The molecule has 0 amide bonds. The number of piperidine rings is 1. The first-order valence-corrected chi connectivity index (χ1v) is 8.25. The third-order valence-electron chi connectivity index (χ3n) is 4.25. The fourth-order valence-corrected chi connectivity index (χ4v) is 3.00. The number of benzene rings is 1. The summed E-state index contributed by atoms with van der Waals surface area (Å²) in [5.41, 5.74) is 7.70. The van der Waals surface area contributed by atoms with Crippen LogP contribution in [0.5, 0.6) is 11.6 Å². The van der Waals surface area contributed by atoms with E-state index in [0.717, 1.165) is 30.8 Å². The van der Waals surface area contributed by atoms with Crippen molar-refractivity contribution in [2.75, 3.05) is 17.2 Å². The van der Waals surface area contributed by atoms with Crippen LogP contribution in [0.15, 0.2) is 24.5 Å². The highest BCUT2D eigenvalue weighted by Gasteiger charge is 2.23. The molecule has 2 aromatic rings. The van der Waals surface area contributed by atoms with Crippen LogP contribution in [-0.2, 0) is 0 Å². The predicted molar refractivity (Wildman–Crippen MR) is 93.4 cm³/mol. The summed E-state index contributed by atoms with van der Waals surface area (Å²) in [4.78, 5) is 10.8. The second kappa shape index (κ2) is 6.62. The number of nitrogen functional groups attached to an aromatic ring is 1. The van der Waals surface area contributed by atoms with Crippen molar-refractivity contribution in [3.05, 3.63) is 35.1 Å². The van der Waals surface area contributed by atoms with Gasteiger partial charge in [-0.1, -0.05) is 11.6 Å². The SMILES string of the molecule is Cc1cc(Oc2ncnc(N3CCCCC3C)c2N)ccc1Cl. The van der Waals surface area contributed by atoms with Crippen LogP contribution in [0.3, 0.4) is 0 Å². The van der Waals surface area contributed by atoms with Gasteiger partial charge in [0.25, 0.3) is 0 Å². The monoisotopic (exact) mass is 332 g/mol. The molecule has 3 rings (SSSR count). The molecule has 5 nitrogen and oxygen atoms in total. The van der Waals surface area contributed by atoms with Gasteiger partial charge in [-0.3, -0.25) is 0 Å². The number of nitrogens with two attached hydrogens (primary N) is 1. The maximum Gasteiger partial charge on any atom is 0.248 e. The first-order valence-electron chi connectivity index (χ1n) is 7.87. The lowest BCUT2D eigenvalue weighted by molar-refractivity contribution is 0.458. The van der Waals surface area contributed by atoms with Gasteiger partial charge in [0, 0.05) is 17.6 Å². The molecule has 1 aromatic heterocycles. The molecular formula is C17H21ClN4O. The Morgan fingerprint density at radius 3 is 2.87 bits per heavy atom. The lowest BCUT2D eigenvalue weighted by atomic mass is 10.0. The average Bonchev–Trinajstić information content (AvgIpc) is 2.54. The molecule has 0 aliphatic carbocycles. The van der Waals surface area contributed by atoms with E-state index in [1.54, 1.807) is 12.1 Å². The average molecular weight is 333 g/mol. The zero-order chi connectivity index (χ0) is 16.4. The van der Waals surface area contributed by atoms with Crippen LogP contribution in [0.25, 0.3) is 0 Å². The molecule has 0 radical (unpaired) electrons. The minimum atomic E-state index is 0.384. The zero-order valence-electron chi connectivity index (χ0n) is 13.4. The highest BCUT2D eigenvalue weighted by molar-refractivity contribution is 6.31. The predicted octanol–water partition coefficient (Wildman–Crippen LogP) is 4.19. The van der Waals surface area contributed by atoms with Gasteiger partial charge >= 0.3 is 0 Å². The smallest absolute Gasteiger partial charge is 0.248 e. The number of hydrogen-bond donors (Lipinski definition) is 1. The molecule has 0 bridgehead atoms. The summed E-state index contributed by atoms with van der Waals surface area (Å²) in [6, 6.07) is 5.90. The summed E-state index contributed by atoms with van der Waals surface area (Å²) < 4.78 is 5.85. The van der Waals surface area contributed by atoms with Crippen LogP contribution >= 0.6 is 11.6 Å². The third kappa shape index (κ3) is 3.34. The highest BCUT2D eigenvalue weighted by Crippen LogP contribution is 2.34. The van der Waals surface area contributed by atoms with E-state index >= 15 is 0 Å². The van der Waals surface area contributed by atoms with E-state index in [1.165, 1.54) is 12.7 Å². The molecule has 1 aliphatic heterocycles. The molecule has 0 saturated carbocycles. The fraction of sp³-hybridized carbons (Fsp3) is 0.412. The molecule has 1 saturated heterocycles. The number of aryl methyl sites for hydroxylation is 1. The van der Waals surface area contributed by atoms with Gasteiger partial charge in [0.15, 0.2) is 5.82 Å². The summed E-state index contributed by atoms with van der Waals surface area (Å²) in [5, 5.41) is 0.704. The highest BCUT2D eigenvalue weighted by atomic mass is 35.5. The van der Waals surface area contributed by atoms with E-state index in [1.807, 2.05) is 13.0 Å². The van der Waals surface area contributed by atoms with Crippen LogP contribution in [0.1, 0.15) is 31.7 Å². The van der Waals surface area contributed by atoms with E-state index in [2.05, 4.69) is 21.8 Å². The molecule has 23 heavy (non-hydrogen) atoms. The summed E-state index contributed by atoms with van der Waals surface area (Å²) in [6.45, 7) is 5.09. The zero-order valence-corrected chi connectivity index (χ0v) is 14.2. The summed E-state index contributed by atoms with van der Waals surface area (Å²) in [5.74, 6) is 1.80. The number of halogens is 1. The Labute approximate surface area is 141 Å². The minimum Gasteiger partial charge on any atom is -0.437 e. The van der Waals surface area contributed by atoms with Gasteiger partial charge in [-0.15, -0.1) is 0 Å².